The van der Waals surface area contributed by atoms with E-state index in [0.29, 0.717) is 12.4 Å². The normalized spacial score (nSPS) is 12.3. The smallest absolute Gasteiger partial charge is 0.166 e. The number of ether oxygens (including phenoxy) is 1. The molecule has 0 saturated carbocycles. The van der Waals surface area contributed by atoms with E-state index in [0.717, 1.165) is 21.9 Å². The Balaban J connectivity index is 2.14. The first-order valence-electron chi connectivity index (χ1n) is 5.52. The number of nitrogens with one attached hydrogen (secondary N) is 1. The van der Waals surface area contributed by atoms with E-state index < -0.39 is 5.38 Å². The zero-order valence-electron chi connectivity index (χ0n) is 9.81. The maximum absolute atomic E-state index is 8.61. The van der Waals surface area contributed by atoms with Crippen LogP contribution in [-0.2, 0) is 0 Å². The monoisotopic (exact) mass is 281 g/mol. The second-order valence-corrected chi connectivity index (χ2v) is 5.10. The molecular weight excluding hydrogens is 270 g/mol. The second-order valence-electron chi connectivity index (χ2n) is 3.56. The van der Waals surface area contributed by atoms with Crippen LogP contribution in [0.1, 0.15) is 6.92 Å². The molecule has 6 heteroatoms. The summed E-state index contributed by atoms with van der Waals surface area (Å²) in [6, 6.07) is 7.69. The molecule has 0 aliphatic carbocycles. The van der Waals surface area contributed by atoms with Crippen LogP contribution in [0.5, 0.6) is 5.75 Å². The molecule has 1 aromatic heterocycles. The van der Waals surface area contributed by atoms with Crippen LogP contribution in [0.2, 0.25) is 0 Å². The molecule has 1 atom stereocenters. The lowest BCUT2D eigenvalue weighted by Crippen LogP contribution is -1.97. The predicted molar refractivity (Wildman–Crippen MR) is 73.2 cm³/mol. The number of H-pyrrole nitrogens is 1. The fraction of sp³-hybridized carbons (Fsp3) is 0.333. The van der Waals surface area contributed by atoms with Gasteiger partial charge in [0.25, 0.3) is 0 Å². The number of imidazole rings is 1. The summed E-state index contributed by atoms with van der Waals surface area (Å²) in [4.78, 5) is 7.58. The summed E-state index contributed by atoms with van der Waals surface area (Å²) in [7, 11) is 0. The van der Waals surface area contributed by atoms with Crippen molar-refractivity contribution in [3.05, 3.63) is 18.2 Å². The number of rotatable bonds is 5. The van der Waals surface area contributed by atoms with E-state index in [2.05, 4.69) is 9.97 Å². The molecule has 0 aliphatic rings. The van der Waals surface area contributed by atoms with E-state index in [1.165, 1.54) is 11.8 Å². The highest BCUT2D eigenvalue weighted by Crippen LogP contribution is 2.24. The summed E-state index contributed by atoms with van der Waals surface area (Å²) in [5.74, 6) is 1.33. The van der Waals surface area contributed by atoms with E-state index >= 15 is 0 Å². The summed E-state index contributed by atoms with van der Waals surface area (Å²) in [6.07, 6.45) is 0. The average Bonchev–Trinajstić information content (AvgIpc) is 2.78. The quantitative estimate of drug-likeness (QED) is 0.675. The van der Waals surface area contributed by atoms with E-state index in [1.54, 1.807) is 0 Å². The standard InChI is InChI=1S/C12H12ClN3OS/c1-2-17-9-3-4-10-11(5-9)16-12(15-10)18-7-8(13)6-14/h3-5,8H,2,7H2,1H3,(H,15,16). The van der Waals surface area contributed by atoms with Gasteiger partial charge >= 0.3 is 0 Å². The molecule has 0 fully saturated rings. The molecule has 0 saturated heterocycles. The van der Waals surface area contributed by atoms with Gasteiger partial charge in [0.2, 0.25) is 0 Å². The van der Waals surface area contributed by atoms with E-state index in [4.69, 9.17) is 21.6 Å². The van der Waals surface area contributed by atoms with Crippen LogP contribution in [-0.4, -0.2) is 27.7 Å². The Morgan fingerprint density at radius 1 is 1.61 bits per heavy atom. The van der Waals surface area contributed by atoms with Crippen molar-refractivity contribution in [2.45, 2.75) is 17.5 Å². The first-order chi connectivity index (χ1) is 8.72. The SMILES string of the molecule is CCOc1ccc2nc(SCC(Cl)C#N)[nH]c2c1. The molecule has 0 aliphatic heterocycles. The van der Waals surface area contributed by atoms with Gasteiger partial charge in [-0.05, 0) is 19.1 Å². The Morgan fingerprint density at radius 3 is 3.17 bits per heavy atom. The Morgan fingerprint density at radius 2 is 2.44 bits per heavy atom. The van der Waals surface area contributed by atoms with Gasteiger partial charge in [0.1, 0.15) is 11.1 Å². The summed E-state index contributed by atoms with van der Waals surface area (Å²) >= 11 is 7.17. The third-order valence-electron chi connectivity index (χ3n) is 2.25. The second kappa shape index (κ2) is 5.98. The van der Waals surface area contributed by atoms with Gasteiger partial charge in [-0.3, -0.25) is 0 Å². The minimum Gasteiger partial charge on any atom is -0.494 e. The fourth-order valence-corrected chi connectivity index (χ4v) is 2.39. The summed E-state index contributed by atoms with van der Waals surface area (Å²) in [6.45, 7) is 2.58. The summed E-state index contributed by atoms with van der Waals surface area (Å²) < 4.78 is 5.42. The third-order valence-corrected chi connectivity index (χ3v) is 3.65. The van der Waals surface area contributed by atoms with Gasteiger partial charge < -0.3 is 9.72 Å². The van der Waals surface area contributed by atoms with E-state index in [-0.39, 0.29) is 0 Å². The molecule has 94 valence electrons. The highest BCUT2D eigenvalue weighted by molar-refractivity contribution is 7.99. The van der Waals surface area contributed by atoms with Gasteiger partial charge in [-0.15, -0.1) is 11.6 Å². The lowest BCUT2D eigenvalue weighted by atomic mass is 10.3. The maximum atomic E-state index is 8.61. The molecule has 1 unspecified atom stereocenters. The van der Waals surface area contributed by atoms with Crippen molar-refractivity contribution in [2.24, 2.45) is 0 Å². The zero-order valence-corrected chi connectivity index (χ0v) is 11.4. The molecule has 1 aromatic carbocycles. The molecule has 0 amide bonds. The Kier molecular flexibility index (Phi) is 4.34. The molecule has 4 nitrogen and oxygen atoms in total. The van der Waals surface area contributed by atoms with Crippen LogP contribution in [0.4, 0.5) is 0 Å². The number of hydrogen-bond acceptors (Lipinski definition) is 4. The fourth-order valence-electron chi connectivity index (χ4n) is 1.48. The van der Waals surface area contributed by atoms with Gasteiger partial charge in [-0.1, -0.05) is 11.8 Å². The van der Waals surface area contributed by atoms with Crippen molar-refractivity contribution >= 4 is 34.4 Å². The Labute approximate surface area is 114 Å². The molecule has 0 radical (unpaired) electrons. The Hall–Kier alpha value is -1.38. The third kappa shape index (κ3) is 3.09. The molecule has 2 aromatic rings. The van der Waals surface area contributed by atoms with Crippen LogP contribution in [0.15, 0.2) is 23.4 Å². The number of nitrogens with zero attached hydrogens (tertiary/aromatic N) is 2. The van der Waals surface area contributed by atoms with E-state index in [9.17, 15) is 0 Å². The predicted octanol–water partition coefficient (Wildman–Crippen LogP) is 3.18. The first kappa shape index (κ1) is 13.1. The molecule has 1 N–H and O–H groups in total. The van der Waals surface area contributed by atoms with Gasteiger partial charge in [0.15, 0.2) is 5.16 Å². The molecular formula is C12H12ClN3OS. The molecule has 2 rings (SSSR count). The van der Waals surface area contributed by atoms with Crippen molar-refractivity contribution in [3.63, 3.8) is 0 Å². The number of aromatic nitrogens is 2. The molecule has 0 spiro atoms. The number of alkyl halides is 1. The van der Waals surface area contributed by atoms with Gasteiger partial charge in [-0.25, -0.2) is 4.98 Å². The zero-order chi connectivity index (χ0) is 13.0. The lowest BCUT2D eigenvalue weighted by molar-refractivity contribution is 0.340. The topological polar surface area (TPSA) is 61.7 Å². The summed E-state index contributed by atoms with van der Waals surface area (Å²) in [5.41, 5.74) is 1.80. The van der Waals surface area contributed by atoms with Crippen LogP contribution < -0.4 is 4.74 Å². The lowest BCUT2D eigenvalue weighted by Gasteiger charge is -2.00. The van der Waals surface area contributed by atoms with Gasteiger partial charge in [0.05, 0.1) is 23.7 Å². The number of nitriles is 1. The average molecular weight is 282 g/mol. The van der Waals surface area contributed by atoms with Crippen molar-refractivity contribution in [2.75, 3.05) is 12.4 Å². The highest BCUT2D eigenvalue weighted by atomic mass is 35.5. The van der Waals surface area contributed by atoms with Gasteiger partial charge in [0, 0.05) is 11.8 Å². The number of aromatic amines is 1. The van der Waals surface area contributed by atoms with E-state index in [1.807, 2.05) is 31.2 Å². The molecule has 18 heavy (non-hydrogen) atoms. The van der Waals surface area contributed by atoms with Crippen molar-refractivity contribution < 1.29 is 4.74 Å². The van der Waals surface area contributed by atoms with Crippen LogP contribution in [0, 0.1) is 11.3 Å². The van der Waals surface area contributed by atoms with Crippen LogP contribution in [0.3, 0.4) is 0 Å². The Bertz CT molecular complexity index is 578. The number of benzene rings is 1. The van der Waals surface area contributed by atoms with Gasteiger partial charge in [-0.2, -0.15) is 5.26 Å². The van der Waals surface area contributed by atoms with Crippen molar-refractivity contribution in [1.29, 1.82) is 5.26 Å². The number of thioether (sulfide) groups is 1. The largest absolute Gasteiger partial charge is 0.494 e. The minimum absolute atomic E-state index is 0.498. The molecule has 1 heterocycles. The number of fused-ring (bicyclic) bond motifs is 1. The first-order valence-corrected chi connectivity index (χ1v) is 6.94. The maximum Gasteiger partial charge on any atom is 0.166 e. The van der Waals surface area contributed by atoms with Crippen LogP contribution >= 0.6 is 23.4 Å². The number of hydrogen-bond donors (Lipinski definition) is 1. The number of halogens is 1. The highest BCUT2D eigenvalue weighted by Gasteiger charge is 2.08. The molecule has 0 bridgehead atoms. The van der Waals surface area contributed by atoms with Crippen molar-refractivity contribution in [1.82, 2.24) is 9.97 Å². The van der Waals surface area contributed by atoms with Crippen molar-refractivity contribution in [3.8, 4) is 11.8 Å². The summed E-state index contributed by atoms with van der Waals surface area (Å²) in [5, 5.41) is 8.87. The minimum atomic E-state index is -0.498. The van der Waals surface area contributed by atoms with Crippen LogP contribution in [0.25, 0.3) is 11.0 Å².